The molecule has 0 spiro atoms. The molecule has 3 amide bonds. The van der Waals surface area contributed by atoms with E-state index in [0.717, 1.165) is 44.7 Å². The molecule has 12 heteroatoms. The molecule has 0 saturated carbocycles. The van der Waals surface area contributed by atoms with Crippen molar-refractivity contribution in [3.8, 4) is 0 Å². The monoisotopic (exact) mass is 642 g/mol. The molecule has 0 radical (unpaired) electrons. The number of aryl methyl sites for hydroxylation is 1. The molecule has 3 atom stereocenters. The molecule has 6 rings (SSSR count). The van der Waals surface area contributed by atoms with Gasteiger partial charge in [0.1, 0.15) is 11.8 Å². The minimum Gasteiger partial charge on any atom is -0.325 e. The summed E-state index contributed by atoms with van der Waals surface area (Å²) in [5.41, 5.74) is 3.43. The second kappa shape index (κ2) is 11.4. The van der Waals surface area contributed by atoms with E-state index in [1.54, 1.807) is 6.07 Å². The van der Waals surface area contributed by atoms with E-state index in [1.165, 1.54) is 28.8 Å². The highest BCUT2D eigenvalue weighted by atomic mass is 32.2. The van der Waals surface area contributed by atoms with E-state index in [1.807, 2.05) is 49.4 Å². The highest BCUT2D eigenvalue weighted by Gasteiger charge is 2.56. The molecule has 2 aliphatic rings. The Labute approximate surface area is 267 Å². The van der Waals surface area contributed by atoms with E-state index in [-0.39, 0.29) is 28.2 Å². The fraction of sp³-hybridized carbons (Fsp3) is 0.273. The molecular formula is C33H30N4O6S2. The van der Waals surface area contributed by atoms with Gasteiger partial charge in [0.15, 0.2) is 0 Å². The van der Waals surface area contributed by atoms with Gasteiger partial charge in [0.2, 0.25) is 17.7 Å². The van der Waals surface area contributed by atoms with Gasteiger partial charge in [0.25, 0.3) is 5.69 Å². The van der Waals surface area contributed by atoms with Crippen molar-refractivity contribution in [2.75, 3.05) is 10.2 Å². The lowest BCUT2D eigenvalue weighted by Gasteiger charge is -2.31. The fourth-order valence-corrected chi connectivity index (χ4v) is 8.62. The molecule has 4 aromatic rings. The van der Waals surface area contributed by atoms with Crippen LogP contribution in [-0.2, 0) is 26.3 Å². The zero-order valence-electron chi connectivity index (χ0n) is 25.0. The lowest BCUT2D eigenvalue weighted by molar-refractivity contribution is -0.384. The molecule has 2 unspecified atom stereocenters. The Hall–Kier alpha value is -4.55. The van der Waals surface area contributed by atoms with E-state index < -0.39 is 39.7 Å². The zero-order chi connectivity index (χ0) is 32.2. The van der Waals surface area contributed by atoms with Crippen LogP contribution in [0.2, 0.25) is 0 Å². The molecule has 1 N–H and O–H groups in total. The van der Waals surface area contributed by atoms with Gasteiger partial charge in [0.05, 0.1) is 21.6 Å². The van der Waals surface area contributed by atoms with E-state index in [9.17, 15) is 29.3 Å². The number of nitro groups is 1. The van der Waals surface area contributed by atoms with Crippen molar-refractivity contribution in [1.82, 2.24) is 4.57 Å². The third-order valence-electron chi connectivity index (χ3n) is 8.11. The first-order chi connectivity index (χ1) is 21.3. The summed E-state index contributed by atoms with van der Waals surface area (Å²) < 4.78 is 1.38. The number of carbonyl (C=O) groups is 3. The van der Waals surface area contributed by atoms with Crippen molar-refractivity contribution in [2.24, 2.45) is 5.92 Å². The fourth-order valence-electron chi connectivity index (χ4n) is 5.85. The summed E-state index contributed by atoms with van der Waals surface area (Å²) in [6, 6.07) is 20.5. The summed E-state index contributed by atoms with van der Waals surface area (Å²) in [6.45, 7) is 7.95. The Morgan fingerprint density at radius 2 is 1.67 bits per heavy atom. The van der Waals surface area contributed by atoms with Crippen molar-refractivity contribution in [1.29, 1.82) is 0 Å². The Bertz CT molecular complexity index is 1910. The third kappa shape index (κ3) is 5.59. The lowest BCUT2D eigenvalue weighted by Crippen LogP contribution is -2.33. The molecule has 1 fully saturated rings. The Kier molecular flexibility index (Phi) is 7.74. The van der Waals surface area contributed by atoms with Crippen molar-refractivity contribution >= 4 is 57.9 Å². The number of carbonyl (C=O) groups excluding carboxylic acids is 3. The Morgan fingerprint density at radius 3 is 2.29 bits per heavy atom. The molecule has 45 heavy (non-hydrogen) atoms. The van der Waals surface area contributed by atoms with Gasteiger partial charge < -0.3 is 5.32 Å². The van der Waals surface area contributed by atoms with Gasteiger partial charge in [-0.2, -0.15) is 0 Å². The maximum absolute atomic E-state index is 14.1. The van der Waals surface area contributed by atoms with Crippen LogP contribution in [0.4, 0.5) is 17.1 Å². The number of nitrogens with zero attached hydrogens (tertiary/aromatic N) is 3. The predicted octanol–water partition coefficient (Wildman–Crippen LogP) is 5.86. The zero-order valence-corrected chi connectivity index (χ0v) is 26.6. The van der Waals surface area contributed by atoms with Gasteiger partial charge in [-0.1, -0.05) is 80.3 Å². The SMILES string of the molecule is Cc1cccc(NC(=O)Cn2c3c(sc2=O)[C@H](c2ccc(C(C)(C)C)cc2)C2C(=O)N(c4ccc([N+](=O)[O-])cc4)C(=O)C2S3)c1. The first-order valence-corrected chi connectivity index (χ1v) is 16.0. The minimum absolute atomic E-state index is 0.112. The number of amides is 3. The van der Waals surface area contributed by atoms with Crippen molar-refractivity contribution in [3.05, 3.63) is 114 Å². The average molecular weight is 643 g/mol. The van der Waals surface area contributed by atoms with Gasteiger partial charge in [-0.15, -0.1) is 0 Å². The van der Waals surface area contributed by atoms with Crippen LogP contribution in [0.15, 0.2) is 82.6 Å². The smallest absolute Gasteiger partial charge is 0.308 e. The number of aromatic nitrogens is 1. The molecule has 1 saturated heterocycles. The van der Waals surface area contributed by atoms with Crippen molar-refractivity contribution in [2.45, 2.75) is 55.8 Å². The number of rotatable bonds is 6. The van der Waals surface area contributed by atoms with Crippen LogP contribution in [0.25, 0.3) is 0 Å². The number of hydrogen-bond donors (Lipinski definition) is 1. The second-order valence-corrected chi connectivity index (χ2v) is 14.4. The van der Waals surface area contributed by atoms with E-state index in [4.69, 9.17) is 0 Å². The third-order valence-corrected chi connectivity index (χ3v) is 10.7. The highest BCUT2D eigenvalue weighted by Crippen LogP contribution is 2.54. The molecule has 3 heterocycles. The number of non-ortho nitro benzene ring substituents is 1. The van der Waals surface area contributed by atoms with Crippen LogP contribution < -0.4 is 15.1 Å². The summed E-state index contributed by atoms with van der Waals surface area (Å²) in [5.74, 6) is -2.73. The molecular weight excluding hydrogens is 613 g/mol. The van der Waals surface area contributed by atoms with Crippen LogP contribution in [-0.4, -0.2) is 32.5 Å². The molecule has 1 aromatic heterocycles. The highest BCUT2D eigenvalue weighted by molar-refractivity contribution is 8.00. The number of nitro benzene ring substituents is 1. The summed E-state index contributed by atoms with van der Waals surface area (Å²) in [6.07, 6.45) is 0. The number of anilines is 2. The molecule has 0 aliphatic carbocycles. The first kappa shape index (κ1) is 30.5. The standard InChI is InChI=1S/C33H30N4O6S2/c1-18-6-5-7-21(16-18)34-24(38)17-35-31-28(45-32(35)41)25(19-8-10-20(11-9-19)33(2,3)4)26-27(44-31)30(40)36(29(26)39)22-12-14-23(15-13-22)37(42)43/h5-16,25-27H,17H2,1-4H3,(H,34,38)/t25-,26?,27?/m1/s1. The maximum atomic E-state index is 14.1. The van der Waals surface area contributed by atoms with Crippen LogP contribution in [0.1, 0.15) is 48.3 Å². The van der Waals surface area contributed by atoms with Crippen LogP contribution in [0, 0.1) is 23.0 Å². The summed E-state index contributed by atoms with van der Waals surface area (Å²) >= 11 is 2.11. The van der Waals surface area contributed by atoms with E-state index in [0.29, 0.717) is 15.6 Å². The molecule has 2 aliphatic heterocycles. The Morgan fingerprint density at radius 1 is 0.978 bits per heavy atom. The van der Waals surface area contributed by atoms with E-state index in [2.05, 4.69) is 26.1 Å². The van der Waals surface area contributed by atoms with Crippen LogP contribution in [0.5, 0.6) is 0 Å². The predicted molar refractivity (Wildman–Crippen MR) is 174 cm³/mol. The van der Waals surface area contributed by atoms with Gasteiger partial charge in [-0.25, -0.2) is 4.90 Å². The number of hydrogen-bond acceptors (Lipinski definition) is 8. The van der Waals surface area contributed by atoms with Crippen LogP contribution >= 0.6 is 23.1 Å². The number of thioether (sulfide) groups is 1. The number of fused-ring (bicyclic) bond motifs is 2. The topological polar surface area (TPSA) is 132 Å². The minimum atomic E-state index is -0.868. The van der Waals surface area contributed by atoms with Crippen molar-refractivity contribution < 1.29 is 19.3 Å². The van der Waals surface area contributed by atoms with Gasteiger partial charge in [-0.3, -0.25) is 33.9 Å². The summed E-state index contributed by atoms with van der Waals surface area (Å²) in [7, 11) is 0. The molecule has 3 aromatic carbocycles. The molecule has 10 nitrogen and oxygen atoms in total. The summed E-state index contributed by atoms with van der Waals surface area (Å²) in [4.78, 5) is 66.6. The lowest BCUT2D eigenvalue weighted by atomic mass is 9.81. The Balaban J connectivity index is 1.41. The van der Waals surface area contributed by atoms with E-state index >= 15 is 0 Å². The molecule has 230 valence electrons. The number of benzene rings is 3. The summed E-state index contributed by atoms with van der Waals surface area (Å²) in [5, 5.41) is 13.7. The number of thiazole rings is 1. The van der Waals surface area contributed by atoms with Gasteiger partial charge in [0, 0.05) is 28.6 Å². The molecule has 0 bridgehead atoms. The second-order valence-electron chi connectivity index (χ2n) is 12.2. The number of imide groups is 1. The van der Waals surface area contributed by atoms with Gasteiger partial charge in [-0.05, 0) is 53.3 Å². The largest absolute Gasteiger partial charge is 0.325 e. The van der Waals surface area contributed by atoms with Crippen molar-refractivity contribution in [3.63, 3.8) is 0 Å². The van der Waals surface area contributed by atoms with Crippen LogP contribution in [0.3, 0.4) is 0 Å². The van der Waals surface area contributed by atoms with Gasteiger partial charge >= 0.3 is 4.87 Å². The first-order valence-electron chi connectivity index (χ1n) is 14.3. The maximum Gasteiger partial charge on any atom is 0.308 e. The normalized spacial score (nSPS) is 19.3. The average Bonchev–Trinajstić information content (AvgIpc) is 3.43. The quantitative estimate of drug-likeness (QED) is 0.158. The number of nitrogens with one attached hydrogen (secondary N) is 1.